The fourth-order valence-electron chi connectivity index (χ4n) is 4.05. The van der Waals surface area contributed by atoms with Gasteiger partial charge in [-0.3, -0.25) is 9.13 Å². The first kappa shape index (κ1) is 22.5. The predicted molar refractivity (Wildman–Crippen MR) is 121 cm³/mol. The van der Waals surface area contributed by atoms with Crippen molar-refractivity contribution in [1.29, 1.82) is 0 Å². The molecular weight excluding hydrogens is 442 g/mol. The Labute approximate surface area is 193 Å². The van der Waals surface area contributed by atoms with Gasteiger partial charge in [-0.05, 0) is 32.0 Å². The fourth-order valence-corrected chi connectivity index (χ4v) is 5.06. The maximum atomic E-state index is 6.49. The van der Waals surface area contributed by atoms with Crippen LogP contribution in [0.3, 0.4) is 0 Å². The van der Waals surface area contributed by atoms with Crippen molar-refractivity contribution in [3.63, 3.8) is 0 Å². The average molecular weight is 474 g/mol. The lowest BCUT2D eigenvalue weighted by molar-refractivity contribution is -0.199. The molecule has 0 unspecified atom stereocenters. The van der Waals surface area contributed by atoms with E-state index in [2.05, 4.69) is 59.0 Å². The second-order valence-electron chi connectivity index (χ2n) is 10.6. The predicted octanol–water partition coefficient (Wildman–Crippen LogP) is 2.85. The molecule has 0 amide bonds. The van der Waals surface area contributed by atoms with Gasteiger partial charge in [-0.1, -0.05) is 20.8 Å². The van der Waals surface area contributed by atoms with E-state index in [1.165, 1.54) is 6.33 Å². The molecule has 5 rings (SSSR count). The Balaban J connectivity index is 1.46. The molecule has 0 aromatic carbocycles. The Morgan fingerprint density at radius 3 is 2.42 bits per heavy atom. The summed E-state index contributed by atoms with van der Waals surface area (Å²) in [6, 6.07) is 0. The van der Waals surface area contributed by atoms with Gasteiger partial charge in [0, 0.05) is 0 Å². The molecule has 0 aliphatic carbocycles. The number of imidazole rings is 1. The molecule has 2 saturated heterocycles. The minimum atomic E-state index is -1.95. The summed E-state index contributed by atoms with van der Waals surface area (Å²) in [4.78, 5) is 13.4. The molecule has 2 fully saturated rings. The topological polar surface area (TPSA) is 111 Å². The van der Waals surface area contributed by atoms with Gasteiger partial charge in [-0.15, -0.1) is 10.2 Å². The summed E-state index contributed by atoms with van der Waals surface area (Å²) in [6.07, 6.45) is 5.05. The van der Waals surface area contributed by atoms with Crippen LogP contribution in [0.25, 0.3) is 17.0 Å². The van der Waals surface area contributed by atoms with E-state index in [0.29, 0.717) is 23.6 Å². The van der Waals surface area contributed by atoms with Gasteiger partial charge in [0.05, 0.1) is 12.9 Å². The number of fused-ring (bicyclic) bond motifs is 2. The van der Waals surface area contributed by atoms with Crippen molar-refractivity contribution in [2.75, 3.05) is 6.61 Å². The molecule has 3 aromatic heterocycles. The summed E-state index contributed by atoms with van der Waals surface area (Å²) in [5.41, 5.74) is 1.26. The fraction of sp³-hybridized carbons (Fsp3) is 0.667. The number of ether oxygens (including phenoxy) is 3. The lowest BCUT2D eigenvalue weighted by atomic mass is 10.1. The number of rotatable bonds is 5. The van der Waals surface area contributed by atoms with Crippen molar-refractivity contribution in [1.82, 2.24) is 34.3 Å². The van der Waals surface area contributed by atoms with Gasteiger partial charge < -0.3 is 18.6 Å². The highest BCUT2D eigenvalue weighted by atomic mass is 28.4. The third-order valence-corrected chi connectivity index (χ3v) is 11.3. The van der Waals surface area contributed by atoms with Crippen LogP contribution in [-0.2, 0) is 18.6 Å². The van der Waals surface area contributed by atoms with Crippen molar-refractivity contribution < 1.29 is 18.6 Å². The molecule has 0 bridgehead atoms. The molecule has 0 radical (unpaired) electrons. The lowest BCUT2D eigenvalue weighted by Crippen LogP contribution is -2.44. The van der Waals surface area contributed by atoms with Gasteiger partial charge in [-0.2, -0.15) is 0 Å². The Morgan fingerprint density at radius 2 is 1.73 bits per heavy atom. The SMILES string of the molecule is CC1(C)O[C@@H]2[C@H](O1)[C@@H](CO[Si](C)(C)C(C)(C)C)O[C@H]2n1cnc2c(-n3cnnc3)ncnc21. The van der Waals surface area contributed by atoms with Crippen LogP contribution >= 0.6 is 0 Å². The first-order valence-corrected chi connectivity index (χ1v) is 14.1. The number of nitrogens with zero attached hydrogens (tertiary/aromatic N) is 7. The van der Waals surface area contributed by atoms with Crippen LogP contribution in [0.15, 0.2) is 25.3 Å². The number of aromatic nitrogens is 7. The zero-order chi connectivity index (χ0) is 23.6. The first-order valence-electron chi connectivity index (χ1n) is 11.1. The van der Waals surface area contributed by atoms with Gasteiger partial charge in [0.1, 0.15) is 37.3 Å². The van der Waals surface area contributed by atoms with Crippen LogP contribution in [0.4, 0.5) is 0 Å². The minimum Gasteiger partial charge on any atom is -0.414 e. The monoisotopic (exact) mass is 473 g/mol. The van der Waals surface area contributed by atoms with Crippen molar-refractivity contribution in [3.05, 3.63) is 25.3 Å². The third-order valence-electron chi connectivity index (χ3n) is 6.82. The molecule has 12 heteroatoms. The quantitative estimate of drug-likeness (QED) is 0.516. The Bertz CT molecular complexity index is 1140. The van der Waals surface area contributed by atoms with E-state index in [1.54, 1.807) is 23.5 Å². The third kappa shape index (κ3) is 3.89. The van der Waals surface area contributed by atoms with Gasteiger partial charge >= 0.3 is 0 Å². The number of hydrogen-bond acceptors (Lipinski definition) is 9. The normalized spacial score (nSPS) is 27.4. The van der Waals surface area contributed by atoms with Crippen molar-refractivity contribution in [2.45, 2.75) is 83.1 Å². The second kappa shape index (κ2) is 7.63. The maximum absolute atomic E-state index is 6.49. The number of hydrogen-bond donors (Lipinski definition) is 0. The molecule has 2 aliphatic rings. The first-order chi connectivity index (χ1) is 15.5. The lowest BCUT2D eigenvalue weighted by Gasteiger charge is -2.37. The largest absolute Gasteiger partial charge is 0.414 e. The van der Waals surface area contributed by atoms with Crippen LogP contribution in [-0.4, -0.2) is 73.3 Å². The Morgan fingerprint density at radius 1 is 1.03 bits per heavy atom. The maximum Gasteiger partial charge on any atom is 0.192 e. The van der Waals surface area contributed by atoms with Gasteiger partial charge in [0.15, 0.2) is 37.3 Å². The highest BCUT2D eigenvalue weighted by Gasteiger charge is 2.56. The summed E-state index contributed by atoms with van der Waals surface area (Å²) >= 11 is 0. The van der Waals surface area contributed by atoms with Crippen molar-refractivity contribution >= 4 is 19.5 Å². The molecule has 0 saturated carbocycles. The molecule has 11 nitrogen and oxygen atoms in total. The smallest absolute Gasteiger partial charge is 0.192 e. The zero-order valence-corrected chi connectivity index (χ0v) is 21.1. The average Bonchev–Trinajstić information content (AvgIpc) is 3.48. The van der Waals surface area contributed by atoms with Crippen LogP contribution in [0.5, 0.6) is 0 Å². The Hall–Kier alpha value is -2.25. The van der Waals surface area contributed by atoms with E-state index in [1.807, 2.05) is 18.4 Å². The highest BCUT2D eigenvalue weighted by Crippen LogP contribution is 2.45. The van der Waals surface area contributed by atoms with E-state index in [0.717, 1.165) is 0 Å². The standard InChI is InChI=1S/C21H31N7O4Si/c1-20(2,3)33(6,7)29-8-13-15-16(32-21(4,5)31-15)19(30-13)28-10-24-14-17(22-9-23-18(14)28)27-11-25-26-12-27/h9-13,15-16,19H,8H2,1-7H3/t13-,15-,16-,19-/m1/s1. The van der Waals surface area contributed by atoms with E-state index < -0.39 is 20.3 Å². The van der Waals surface area contributed by atoms with E-state index in [9.17, 15) is 0 Å². The summed E-state index contributed by atoms with van der Waals surface area (Å²) in [5, 5.41) is 7.83. The molecule has 3 aromatic rings. The molecular formula is C21H31N7O4Si. The molecule has 0 spiro atoms. The minimum absolute atomic E-state index is 0.104. The van der Waals surface area contributed by atoms with Gasteiger partial charge in [-0.25, -0.2) is 15.0 Å². The van der Waals surface area contributed by atoms with E-state index in [-0.39, 0.29) is 23.4 Å². The highest BCUT2D eigenvalue weighted by molar-refractivity contribution is 6.74. The molecule has 5 heterocycles. The Kier molecular flexibility index (Phi) is 5.21. The molecule has 2 aliphatic heterocycles. The van der Waals surface area contributed by atoms with E-state index in [4.69, 9.17) is 18.6 Å². The van der Waals surface area contributed by atoms with Crippen LogP contribution in [0.1, 0.15) is 40.8 Å². The van der Waals surface area contributed by atoms with Gasteiger partial charge in [0.25, 0.3) is 0 Å². The molecule has 4 atom stereocenters. The summed E-state index contributed by atoms with van der Waals surface area (Å²) in [7, 11) is -1.95. The summed E-state index contributed by atoms with van der Waals surface area (Å²) < 4.78 is 29.1. The summed E-state index contributed by atoms with van der Waals surface area (Å²) in [5.74, 6) is -0.119. The van der Waals surface area contributed by atoms with Crippen LogP contribution in [0, 0.1) is 0 Å². The molecule has 178 valence electrons. The van der Waals surface area contributed by atoms with Crippen molar-refractivity contribution in [3.8, 4) is 5.82 Å². The molecule has 0 N–H and O–H groups in total. The zero-order valence-electron chi connectivity index (χ0n) is 20.1. The van der Waals surface area contributed by atoms with Crippen LogP contribution in [0.2, 0.25) is 18.1 Å². The summed E-state index contributed by atoms with van der Waals surface area (Å²) in [6.45, 7) is 15.4. The van der Waals surface area contributed by atoms with Gasteiger partial charge in [0.2, 0.25) is 0 Å². The van der Waals surface area contributed by atoms with Crippen LogP contribution < -0.4 is 0 Å². The molecule has 33 heavy (non-hydrogen) atoms. The van der Waals surface area contributed by atoms with Crippen molar-refractivity contribution in [2.24, 2.45) is 0 Å². The second-order valence-corrected chi connectivity index (χ2v) is 15.4. The van der Waals surface area contributed by atoms with E-state index >= 15 is 0 Å².